The van der Waals surface area contributed by atoms with Gasteiger partial charge in [-0.05, 0) is 49.4 Å². The molecule has 0 saturated carbocycles. The summed E-state index contributed by atoms with van der Waals surface area (Å²) in [6, 6.07) is 14.2. The molecule has 36 heavy (non-hydrogen) atoms. The second-order valence-electron chi connectivity index (χ2n) is 9.16. The fraction of sp³-hybridized carbons (Fsp3) is 0.481. The van der Waals surface area contributed by atoms with Gasteiger partial charge in [0.05, 0.1) is 5.69 Å². The third-order valence-electron chi connectivity index (χ3n) is 6.06. The van der Waals surface area contributed by atoms with Crippen LogP contribution in [0.1, 0.15) is 49.8 Å². The van der Waals surface area contributed by atoms with Crippen LogP contribution in [-0.4, -0.2) is 62.7 Å². The van der Waals surface area contributed by atoms with Crippen molar-refractivity contribution in [2.75, 3.05) is 31.5 Å². The van der Waals surface area contributed by atoms with Crippen molar-refractivity contribution in [2.24, 2.45) is 0 Å². The van der Waals surface area contributed by atoms with Gasteiger partial charge in [-0.15, -0.1) is 0 Å². The molecule has 2 aromatic carbocycles. The Balaban J connectivity index is 2.49. The molecule has 0 aliphatic heterocycles. The summed E-state index contributed by atoms with van der Waals surface area (Å²) in [5.41, 5.74) is 2.92. The average Bonchev–Trinajstić information content (AvgIpc) is 2.84. The molecule has 0 aliphatic rings. The highest BCUT2D eigenvalue weighted by Crippen LogP contribution is 2.26. The molecule has 0 heterocycles. The van der Waals surface area contributed by atoms with Gasteiger partial charge < -0.3 is 10.2 Å². The number of hydrogen-bond acceptors (Lipinski definition) is 4. The Hall–Kier alpha value is -2.91. The number of amides is 2. The Bertz CT molecular complexity index is 1120. The summed E-state index contributed by atoms with van der Waals surface area (Å²) in [5.74, 6) is -0.674. The zero-order valence-corrected chi connectivity index (χ0v) is 23.1. The molecule has 9 heteroatoms. The van der Waals surface area contributed by atoms with Crippen molar-refractivity contribution in [3.63, 3.8) is 0 Å². The van der Waals surface area contributed by atoms with E-state index in [1.807, 2.05) is 70.2 Å². The summed E-state index contributed by atoms with van der Waals surface area (Å²) in [6.07, 6.45) is 2.19. The van der Waals surface area contributed by atoms with Crippen LogP contribution in [0.5, 0.6) is 0 Å². The Morgan fingerprint density at radius 1 is 1.00 bits per heavy atom. The van der Waals surface area contributed by atoms with Crippen LogP contribution in [0.25, 0.3) is 0 Å². The number of nitrogens with one attached hydrogen (secondary N) is 1. The van der Waals surface area contributed by atoms with Gasteiger partial charge in [0.25, 0.3) is 0 Å². The summed E-state index contributed by atoms with van der Waals surface area (Å²) >= 11 is 0. The van der Waals surface area contributed by atoms with Gasteiger partial charge in [-0.25, -0.2) is 4.31 Å². The van der Waals surface area contributed by atoms with Gasteiger partial charge in [-0.3, -0.25) is 9.59 Å². The van der Waals surface area contributed by atoms with Crippen LogP contribution in [-0.2, 0) is 26.3 Å². The molecule has 2 amide bonds. The fourth-order valence-electron chi connectivity index (χ4n) is 3.90. The Morgan fingerprint density at radius 3 is 2.25 bits per heavy atom. The first-order valence-electron chi connectivity index (χ1n) is 12.4. The molecule has 0 unspecified atom stereocenters. The van der Waals surface area contributed by atoms with Crippen LogP contribution in [0.3, 0.4) is 0 Å². The highest BCUT2D eigenvalue weighted by Gasteiger charge is 2.34. The molecule has 1 atom stereocenters. The number of anilines is 1. The lowest BCUT2D eigenvalue weighted by molar-refractivity contribution is -0.140. The molecule has 0 aliphatic carbocycles. The summed E-state index contributed by atoms with van der Waals surface area (Å²) in [6.45, 7) is 7.90. The van der Waals surface area contributed by atoms with E-state index in [4.69, 9.17) is 0 Å². The number of carbonyl (C=O) groups is 2. The Kier molecular flexibility index (Phi) is 10.9. The van der Waals surface area contributed by atoms with Crippen molar-refractivity contribution in [1.82, 2.24) is 14.5 Å². The van der Waals surface area contributed by atoms with E-state index in [9.17, 15) is 18.0 Å². The standard InChI is InChI=1S/C27H40N4O4S/c1-7-9-17-28-27(33)24(8-2)30(19-23-13-11-10-12-14-23)26(32)20-31(36(34,35)29(5)6)25-18-21(3)15-16-22(25)4/h10-16,18,24H,7-9,17,19-20H2,1-6H3,(H,28,33)/t24-/m1/s1. The molecular weight excluding hydrogens is 476 g/mol. The monoisotopic (exact) mass is 516 g/mol. The predicted octanol–water partition coefficient (Wildman–Crippen LogP) is 3.64. The molecule has 0 aromatic heterocycles. The van der Waals surface area contributed by atoms with E-state index in [1.165, 1.54) is 19.0 Å². The maximum Gasteiger partial charge on any atom is 0.304 e. The minimum Gasteiger partial charge on any atom is -0.354 e. The van der Waals surface area contributed by atoms with E-state index in [2.05, 4.69) is 5.32 Å². The smallest absolute Gasteiger partial charge is 0.304 e. The molecule has 198 valence electrons. The maximum absolute atomic E-state index is 13.9. The summed E-state index contributed by atoms with van der Waals surface area (Å²) < 4.78 is 29.0. The van der Waals surface area contributed by atoms with Crippen LogP contribution in [0, 0.1) is 13.8 Å². The van der Waals surface area contributed by atoms with E-state index in [0.29, 0.717) is 18.7 Å². The molecule has 2 rings (SSSR count). The molecule has 8 nitrogen and oxygen atoms in total. The SMILES string of the molecule is CCCCNC(=O)[C@@H](CC)N(Cc1ccccc1)C(=O)CN(c1cc(C)ccc1C)S(=O)(=O)N(C)C. The van der Waals surface area contributed by atoms with Gasteiger partial charge in [-0.1, -0.05) is 62.7 Å². The first-order valence-corrected chi connectivity index (χ1v) is 13.8. The predicted molar refractivity (Wildman–Crippen MR) is 145 cm³/mol. The minimum absolute atomic E-state index is 0.196. The van der Waals surface area contributed by atoms with Crippen molar-refractivity contribution in [3.8, 4) is 0 Å². The molecule has 0 bridgehead atoms. The number of carbonyl (C=O) groups excluding carboxylic acids is 2. The first kappa shape index (κ1) is 29.3. The van der Waals surface area contributed by atoms with Gasteiger partial charge in [0.15, 0.2) is 0 Å². The Morgan fingerprint density at radius 2 is 1.67 bits per heavy atom. The molecule has 0 fully saturated rings. The third kappa shape index (κ3) is 7.54. The van der Waals surface area contributed by atoms with Gasteiger partial charge in [0.2, 0.25) is 11.8 Å². The summed E-state index contributed by atoms with van der Waals surface area (Å²) in [5, 5.41) is 2.93. The highest BCUT2D eigenvalue weighted by molar-refractivity contribution is 7.90. The number of aryl methyl sites for hydroxylation is 2. The van der Waals surface area contributed by atoms with Crippen molar-refractivity contribution in [2.45, 2.75) is 59.5 Å². The largest absolute Gasteiger partial charge is 0.354 e. The van der Waals surface area contributed by atoms with E-state index in [0.717, 1.165) is 38.1 Å². The molecule has 0 spiro atoms. The average molecular weight is 517 g/mol. The highest BCUT2D eigenvalue weighted by atomic mass is 32.2. The van der Waals surface area contributed by atoms with Crippen molar-refractivity contribution < 1.29 is 18.0 Å². The number of hydrogen-bond donors (Lipinski definition) is 1. The van der Waals surface area contributed by atoms with Crippen LogP contribution in [0.2, 0.25) is 0 Å². The fourth-order valence-corrected chi connectivity index (χ4v) is 5.01. The quantitative estimate of drug-likeness (QED) is 0.412. The third-order valence-corrected chi connectivity index (χ3v) is 7.87. The van der Waals surface area contributed by atoms with Crippen molar-refractivity contribution in [1.29, 1.82) is 0 Å². The molecular formula is C27H40N4O4S. The van der Waals surface area contributed by atoms with Gasteiger partial charge in [0, 0.05) is 27.2 Å². The number of unbranched alkanes of at least 4 members (excludes halogenated alkanes) is 1. The maximum atomic E-state index is 13.9. The topological polar surface area (TPSA) is 90.0 Å². The van der Waals surface area contributed by atoms with E-state index in [1.54, 1.807) is 6.07 Å². The van der Waals surface area contributed by atoms with Gasteiger partial charge >= 0.3 is 10.2 Å². The lowest BCUT2D eigenvalue weighted by Gasteiger charge is -2.34. The Labute approximate surface area is 216 Å². The molecule has 0 radical (unpaired) electrons. The number of rotatable bonds is 13. The lowest BCUT2D eigenvalue weighted by atomic mass is 10.1. The number of benzene rings is 2. The number of nitrogens with zero attached hydrogens (tertiary/aromatic N) is 3. The zero-order chi connectivity index (χ0) is 26.9. The van der Waals surface area contributed by atoms with Crippen molar-refractivity contribution >= 4 is 27.7 Å². The van der Waals surface area contributed by atoms with E-state index in [-0.39, 0.29) is 12.5 Å². The summed E-state index contributed by atoms with van der Waals surface area (Å²) in [7, 11) is -1.10. The van der Waals surface area contributed by atoms with Crippen LogP contribution in [0.15, 0.2) is 48.5 Å². The second-order valence-corrected chi connectivity index (χ2v) is 11.2. The van der Waals surface area contributed by atoms with Gasteiger partial charge in [0.1, 0.15) is 12.6 Å². The van der Waals surface area contributed by atoms with Crippen LogP contribution in [0.4, 0.5) is 5.69 Å². The summed E-state index contributed by atoms with van der Waals surface area (Å²) in [4.78, 5) is 28.5. The van der Waals surface area contributed by atoms with Gasteiger partial charge in [-0.2, -0.15) is 12.7 Å². The first-order chi connectivity index (χ1) is 17.0. The zero-order valence-electron chi connectivity index (χ0n) is 22.3. The molecule has 0 saturated heterocycles. The second kappa shape index (κ2) is 13.4. The normalized spacial score (nSPS) is 12.3. The van der Waals surface area contributed by atoms with E-state index < -0.39 is 28.7 Å². The van der Waals surface area contributed by atoms with Crippen LogP contribution >= 0.6 is 0 Å². The van der Waals surface area contributed by atoms with E-state index >= 15 is 0 Å². The lowest BCUT2D eigenvalue weighted by Crippen LogP contribution is -2.53. The minimum atomic E-state index is -3.98. The van der Waals surface area contributed by atoms with Crippen LogP contribution < -0.4 is 9.62 Å². The molecule has 2 aromatic rings. The molecule has 1 N–H and O–H groups in total. The van der Waals surface area contributed by atoms with Crippen molar-refractivity contribution in [3.05, 3.63) is 65.2 Å².